The SMILES string of the molecule is O=C(NC(=O)c1ccc(Cl)cc1)c1ccccc1. The van der Waals surface area contributed by atoms with Crippen molar-refractivity contribution in [1.82, 2.24) is 5.32 Å². The van der Waals surface area contributed by atoms with Crippen LogP contribution < -0.4 is 5.32 Å². The lowest BCUT2D eigenvalue weighted by Gasteiger charge is -2.04. The molecular weight excluding hydrogens is 250 g/mol. The van der Waals surface area contributed by atoms with E-state index in [4.69, 9.17) is 11.6 Å². The predicted octanol–water partition coefficient (Wildman–Crippen LogP) is 2.91. The van der Waals surface area contributed by atoms with Crippen LogP contribution in [0.2, 0.25) is 5.02 Å². The third-order valence-electron chi connectivity index (χ3n) is 2.37. The first-order chi connectivity index (χ1) is 8.66. The van der Waals surface area contributed by atoms with Crippen LogP contribution >= 0.6 is 11.6 Å². The smallest absolute Gasteiger partial charge is 0.258 e. The average molecular weight is 260 g/mol. The predicted molar refractivity (Wildman–Crippen MR) is 69.7 cm³/mol. The number of carbonyl (C=O) groups excluding carboxylic acids is 2. The van der Waals surface area contributed by atoms with Gasteiger partial charge in [0, 0.05) is 16.1 Å². The highest BCUT2D eigenvalue weighted by Gasteiger charge is 2.11. The van der Waals surface area contributed by atoms with Gasteiger partial charge in [-0.3, -0.25) is 14.9 Å². The van der Waals surface area contributed by atoms with Gasteiger partial charge in [-0.05, 0) is 36.4 Å². The Kier molecular flexibility index (Phi) is 3.75. The van der Waals surface area contributed by atoms with Crippen LogP contribution in [0.3, 0.4) is 0 Å². The van der Waals surface area contributed by atoms with E-state index in [9.17, 15) is 9.59 Å². The van der Waals surface area contributed by atoms with E-state index in [0.29, 0.717) is 16.1 Å². The molecule has 2 aromatic rings. The Bertz CT molecular complexity index is 564. The summed E-state index contributed by atoms with van der Waals surface area (Å²) < 4.78 is 0. The molecule has 0 saturated heterocycles. The molecule has 18 heavy (non-hydrogen) atoms. The minimum Gasteiger partial charge on any atom is -0.288 e. The summed E-state index contributed by atoms with van der Waals surface area (Å²) in [6.07, 6.45) is 0. The van der Waals surface area contributed by atoms with Crippen LogP contribution in [0.4, 0.5) is 0 Å². The van der Waals surface area contributed by atoms with Crippen molar-refractivity contribution in [2.75, 3.05) is 0 Å². The number of benzene rings is 2. The summed E-state index contributed by atoms with van der Waals surface area (Å²) in [6.45, 7) is 0. The number of carbonyl (C=O) groups is 2. The first-order valence-electron chi connectivity index (χ1n) is 5.33. The molecule has 2 aromatic carbocycles. The van der Waals surface area contributed by atoms with Gasteiger partial charge in [0.2, 0.25) is 0 Å². The van der Waals surface area contributed by atoms with Crippen molar-refractivity contribution in [3.05, 3.63) is 70.7 Å². The topological polar surface area (TPSA) is 46.2 Å². The van der Waals surface area contributed by atoms with E-state index in [2.05, 4.69) is 5.32 Å². The van der Waals surface area contributed by atoms with Crippen molar-refractivity contribution in [3.8, 4) is 0 Å². The molecule has 0 unspecified atom stereocenters. The quantitative estimate of drug-likeness (QED) is 0.843. The molecule has 1 N–H and O–H groups in total. The van der Waals surface area contributed by atoms with Crippen LogP contribution in [0, 0.1) is 0 Å². The summed E-state index contributed by atoms with van der Waals surface area (Å²) in [6, 6.07) is 14.9. The van der Waals surface area contributed by atoms with E-state index in [1.165, 1.54) is 0 Å². The minimum atomic E-state index is -0.444. The number of imide groups is 1. The maximum absolute atomic E-state index is 11.8. The molecule has 4 heteroatoms. The van der Waals surface area contributed by atoms with Crippen molar-refractivity contribution >= 4 is 23.4 Å². The van der Waals surface area contributed by atoms with E-state index < -0.39 is 11.8 Å². The fourth-order valence-corrected chi connectivity index (χ4v) is 1.56. The number of rotatable bonds is 2. The van der Waals surface area contributed by atoms with Crippen LogP contribution in [0.25, 0.3) is 0 Å². The maximum Gasteiger partial charge on any atom is 0.258 e. The first kappa shape index (κ1) is 12.3. The Labute approximate surface area is 109 Å². The average Bonchev–Trinajstić information content (AvgIpc) is 2.40. The highest BCUT2D eigenvalue weighted by atomic mass is 35.5. The van der Waals surface area contributed by atoms with Crippen molar-refractivity contribution in [2.24, 2.45) is 0 Å². The molecule has 0 aliphatic rings. The standard InChI is InChI=1S/C14H10ClNO2/c15-12-8-6-11(7-9-12)14(18)16-13(17)10-4-2-1-3-5-10/h1-9H,(H,16,17,18). The second kappa shape index (κ2) is 5.47. The Balaban J connectivity index is 2.08. The van der Waals surface area contributed by atoms with Gasteiger partial charge in [0.05, 0.1) is 0 Å². The normalized spacial score (nSPS) is 9.83. The van der Waals surface area contributed by atoms with E-state index in [-0.39, 0.29) is 0 Å². The Hall–Kier alpha value is -2.13. The number of halogens is 1. The summed E-state index contributed by atoms with van der Waals surface area (Å²) in [7, 11) is 0. The van der Waals surface area contributed by atoms with Crippen LogP contribution in [-0.2, 0) is 0 Å². The number of hydrogen-bond donors (Lipinski definition) is 1. The van der Waals surface area contributed by atoms with Gasteiger partial charge < -0.3 is 0 Å². The molecule has 3 nitrogen and oxygen atoms in total. The van der Waals surface area contributed by atoms with Gasteiger partial charge in [-0.15, -0.1) is 0 Å². The van der Waals surface area contributed by atoms with Gasteiger partial charge in [-0.2, -0.15) is 0 Å². The lowest BCUT2D eigenvalue weighted by molar-refractivity contribution is 0.0849. The summed E-state index contributed by atoms with van der Waals surface area (Å²) in [5, 5.41) is 2.85. The molecule has 0 aliphatic heterocycles. The fraction of sp³-hybridized carbons (Fsp3) is 0. The zero-order valence-electron chi connectivity index (χ0n) is 9.39. The highest BCUT2D eigenvalue weighted by molar-refractivity contribution is 6.30. The van der Waals surface area contributed by atoms with Gasteiger partial charge in [0.15, 0.2) is 0 Å². The number of amides is 2. The van der Waals surface area contributed by atoms with Crippen LogP contribution in [0.1, 0.15) is 20.7 Å². The Morgan fingerprint density at radius 2 is 1.28 bits per heavy atom. The van der Waals surface area contributed by atoms with Gasteiger partial charge in [0.25, 0.3) is 11.8 Å². The van der Waals surface area contributed by atoms with Gasteiger partial charge >= 0.3 is 0 Å². The third kappa shape index (κ3) is 2.96. The second-order valence-electron chi connectivity index (χ2n) is 3.66. The molecule has 0 spiro atoms. The lowest BCUT2D eigenvalue weighted by atomic mass is 10.2. The number of nitrogens with one attached hydrogen (secondary N) is 1. The molecule has 0 saturated carbocycles. The fourth-order valence-electron chi connectivity index (χ4n) is 1.44. The minimum absolute atomic E-state index is 0.392. The van der Waals surface area contributed by atoms with E-state index in [1.54, 1.807) is 54.6 Å². The lowest BCUT2D eigenvalue weighted by Crippen LogP contribution is -2.30. The zero-order valence-corrected chi connectivity index (χ0v) is 10.1. The maximum atomic E-state index is 11.8. The Morgan fingerprint density at radius 3 is 1.83 bits per heavy atom. The summed E-state index contributed by atoms with van der Waals surface area (Å²) in [5.74, 6) is -0.865. The molecule has 2 amide bonds. The molecule has 0 fully saturated rings. The van der Waals surface area contributed by atoms with Crippen molar-refractivity contribution in [3.63, 3.8) is 0 Å². The van der Waals surface area contributed by atoms with Gasteiger partial charge in [-0.25, -0.2) is 0 Å². The molecule has 0 aromatic heterocycles. The molecule has 90 valence electrons. The second-order valence-corrected chi connectivity index (χ2v) is 4.09. The highest BCUT2D eigenvalue weighted by Crippen LogP contribution is 2.09. The van der Waals surface area contributed by atoms with Gasteiger partial charge in [0.1, 0.15) is 0 Å². The molecule has 0 atom stereocenters. The molecule has 0 radical (unpaired) electrons. The summed E-state index contributed by atoms with van der Waals surface area (Å²) >= 11 is 5.72. The summed E-state index contributed by atoms with van der Waals surface area (Å²) in [4.78, 5) is 23.5. The van der Waals surface area contributed by atoms with Crippen molar-refractivity contribution < 1.29 is 9.59 Å². The molecule has 0 aliphatic carbocycles. The molecule has 2 rings (SSSR count). The monoisotopic (exact) mass is 259 g/mol. The number of hydrogen-bond acceptors (Lipinski definition) is 2. The van der Waals surface area contributed by atoms with Crippen LogP contribution in [0.15, 0.2) is 54.6 Å². The molecule has 0 heterocycles. The summed E-state index contributed by atoms with van der Waals surface area (Å²) in [5.41, 5.74) is 0.837. The van der Waals surface area contributed by atoms with E-state index in [1.807, 2.05) is 0 Å². The zero-order chi connectivity index (χ0) is 13.0. The largest absolute Gasteiger partial charge is 0.288 e. The van der Waals surface area contributed by atoms with Gasteiger partial charge in [-0.1, -0.05) is 29.8 Å². The van der Waals surface area contributed by atoms with Crippen molar-refractivity contribution in [1.29, 1.82) is 0 Å². The Morgan fingerprint density at radius 1 is 0.778 bits per heavy atom. The van der Waals surface area contributed by atoms with E-state index >= 15 is 0 Å². The van der Waals surface area contributed by atoms with Crippen molar-refractivity contribution in [2.45, 2.75) is 0 Å². The third-order valence-corrected chi connectivity index (χ3v) is 2.62. The van der Waals surface area contributed by atoms with Crippen LogP contribution in [0.5, 0.6) is 0 Å². The first-order valence-corrected chi connectivity index (χ1v) is 5.71. The van der Waals surface area contributed by atoms with E-state index in [0.717, 1.165) is 0 Å². The molecule has 0 bridgehead atoms. The molecular formula is C14H10ClNO2. The van der Waals surface area contributed by atoms with Crippen LogP contribution in [-0.4, -0.2) is 11.8 Å².